The predicted octanol–water partition coefficient (Wildman–Crippen LogP) is 4.23. The molecule has 0 atom stereocenters. The number of rotatable bonds is 5. The van der Waals surface area contributed by atoms with Crippen molar-refractivity contribution in [2.45, 2.75) is 12.7 Å². The molecule has 2 N–H and O–H groups in total. The maximum Gasteiger partial charge on any atom is 0.416 e. The summed E-state index contributed by atoms with van der Waals surface area (Å²) < 4.78 is 50.4. The number of hydrogen-bond acceptors (Lipinski definition) is 2. The molecule has 0 saturated carbocycles. The van der Waals surface area contributed by atoms with E-state index in [0.29, 0.717) is 0 Å². The van der Waals surface area contributed by atoms with Gasteiger partial charge in [-0.25, -0.2) is 4.39 Å². The fraction of sp³-hybridized carbons (Fsp3) is 0.188. The van der Waals surface area contributed by atoms with Crippen LogP contribution < -0.4 is 10.6 Å². The van der Waals surface area contributed by atoms with Crippen LogP contribution in [0.2, 0.25) is 5.02 Å². The molecular formula is C16H13ClF4N2O. The third-order valence-electron chi connectivity index (χ3n) is 3.14. The monoisotopic (exact) mass is 360 g/mol. The van der Waals surface area contributed by atoms with Crippen LogP contribution in [0.5, 0.6) is 0 Å². The fourth-order valence-electron chi connectivity index (χ4n) is 1.88. The fourth-order valence-corrected chi connectivity index (χ4v) is 2.12. The van der Waals surface area contributed by atoms with Crippen molar-refractivity contribution in [2.75, 3.05) is 11.9 Å². The summed E-state index contributed by atoms with van der Waals surface area (Å²) in [6.45, 7) is 0.0494. The molecule has 0 unspecified atom stereocenters. The van der Waals surface area contributed by atoms with Crippen LogP contribution in [0, 0.1) is 5.82 Å². The van der Waals surface area contributed by atoms with Crippen LogP contribution in [-0.4, -0.2) is 12.5 Å². The first-order chi connectivity index (χ1) is 11.3. The van der Waals surface area contributed by atoms with Crippen molar-refractivity contribution in [3.05, 3.63) is 64.4 Å². The number of benzene rings is 2. The molecule has 0 aromatic heterocycles. The number of nitrogens with one attached hydrogen (secondary N) is 2. The van der Waals surface area contributed by atoms with Crippen LogP contribution in [0.4, 0.5) is 23.2 Å². The Balaban J connectivity index is 1.86. The molecule has 8 heteroatoms. The van der Waals surface area contributed by atoms with Crippen LogP contribution in [0.15, 0.2) is 42.5 Å². The number of alkyl halides is 3. The number of amides is 1. The van der Waals surface area contributed by atoms with E-state index in [0.717, 1.165) is 17.7 Å². The van der Waals surface area contributed by atoms with Crippen LogP contribution in [0.25, 0.3) is 0 Å². The first kappa shape index (κ1) is 18.1. The molecular weight excluding hydrogens is 348 g/mol. The third-order valence-corrected chi connectivity index (χ3v) is 3.45. The molecule has 0 radical (unpaired) electrons. The number of halogens is 5. The largest absolute Gasteiger partial charge is 0.416 e. The molecule has 2 aromatic rings. The lowest BCUT2D eigenvalue weighted by atomic mass is 10.2. The molecule has 0 spiro atoms. The van der Waals surface area contributed by atoms with E-state index >= 15 is 0 Å². The summed E-state index contributed by atoms with van der Waals surface area (Å²) in [6.07, 6.45) is -4.48. The van der Waals surface area contributed by atoms with Gasteiger partial charge in [-0.1, -0.05) is 23.7 Å². The summed E-state index contributed by atoms with van der Waals surface area (Å²) in [4.78, 5) is 11.7. The zero-order valence-corrected chi connectivity index (χ0v) is 13.0. The van der Waals surface area contributed by atoms with Gasteiger partial charge in [0.1, 0.15) is 5.82 Å². The van der Waals surface area contributed by atoms with E-state index in [1.807, 2.05) is 0 Å². The van der Waals surface area contributed by atoms with Gasteiger partial charge in [-0.3, -0.25) is 4.79 Å². The Morgan fingerprint density at radius 3 is 2.33 bits per heavy atom. The van der Waals surface area contributed by atoms with Gasteiger partial charge in [-0.2, -0.15) is 13.2 Å². The Morgan fingerprint density at radius 1 is 1.08 bits per heavy atom. The van der Waals surface area contributed by atoms with Crippen LogP contribution in [0.1, 0.15) is 11.1 Å². The highest BCUT2D eigenvalue weighted by Crippen LogP contribution is 2.33. The van der Waals surface area contributed by atoms with Crippen molar-refractivity contribution in [3.8, 4) is 0 Å². The Morgan fingerprint density at radius 2 is 1.75 bits per heavy atom. The molecule has 0 aliphatic carbocycles. The number of hydrogen-bond donors (Lipinski definition) is 2. The molecule has 0 bridgehead atoms. The van der Waals surface area contributed by atoms with E-state index in [4.69, 9.17) is 11.6 Å². The molecule has 1 amide bonds. The highest BCUT2D eigenvalue weighted by atomic mass is 35.5. The zero-order valence-electron chi connectivity index (χ0n) is 12.3. The van der Waals surface area contributed by atoms with Gasteiger partial charge >= 0.3 is 6.18 Å². The first-order valence-corrected chi connectivity index (χ1v) is 7.25. The van der Waals surface area contributed by atoms with Crippen molar-refractivity contribution < 1.29 is 22.4 Å². The Labute approximate surface area is 140 Å². The van der Waals surface area contributed by atoms with Crippen molar-refractivity contribution in [2.24, 2.45) is 0 Å². The molecule has 2 rings (SSSR count). The minimum Gasteiger partial charge on any atom is -0.375 e. The summed E-state index contributed by atoms with van der Waals surface area (Å²) in [5.41, 5.74) is 0.0812. The topological polar surface area (TPSA) is 41.1 Å². The normalized spacial score (nSPS) is 11.2. The SMILES string of the molecule is O=C(CNc1ccc(C(F)(F)F)cc1Cl)NCc1ccc(F)cc1. The maximum atomic E-state index is 12.8. The summed E-state index contributed by atoms with van der Waals surface area (Å²) in [7, 11) is 0. The quantitative estimate of drug-likeness (QED) is 0.784. The molecule has 128 valence electrons. The minimum absolute atomic E-state index is 0.129. The Kier molecular flexibility index (Phi) is 5.66. The molecule has 0 heterocycles. The second kappa shape index (κ2) is 7.53. The van der Waals surface area contributed by atoms with E-state index in [1.165, 1.54) is 30.3 Å². The van der Waals surface area contributed by atoms with Crippen molar-refractivity contribution in [1.29, 1.82) is 0 Å². The van der Waals surface area contributed by atoms with Gasteiger partial charge in [-0.15, -0.1) is 0 Å². The lowest BCUT2D eigenvalue weighted by molar-refractivity contribution is -0.137. The standard InChI is InChI=1S/C16H13ClF4N2O/c17-13-7-11(16(19,20)21)3-6-14(13)22-9-15(24)23-8-10-1-4-12(18)5-2-10/h1-7,22H,8-9H2,(H,23,24). The smallest absolute Gasteiger partial charge is 0.375 e. The number of carbonyl (C=O) groups is 1. The molecule has 2 aromatic carbocycles. The van der Waals surface area contributed by atoms with Gasteiger partial charge in [-0.05, 0) is 35.9 Å². The highest BCUT2D eigenvalue weighted by molar-refractivity contribution is 6.33. The van der Waals surface area contributed by atoms with Gasteiger partial charge in [0, 0.05) is 6.54 Å². The molecule has 24 heavy (non-hydrogen) atoms. The Hall–Kier alpha value is -2.28. The van der Waals surface area contributed by atoms with Gasteiger partial charge < -0.3 is 10.6 Å². The van der Waals surface area contributed by atoms with Gasteiger partial charge in [0.2, 0.25) is 5.91 Å². The van der Waals surface area contributed by atoms with Gasteiger partial charge in [0.15, 0.2) is 0 Å². The number of anilines is 1. The van der Waals surface area contributed by atoms with Crippen molar-refractivity contribution in [3.63, 3.8) is 0 Å². The maximum absolute atomic E-state index is 12.8. The molecule has 0 aliphatic heterocycles. The second-order valence-corrected chi connectivity index (χ2v) is 5.36. The van der Waals surface area contributed by atoms with Crippen LogP contribution in [0.3, 0.4) is 0 Å². The summed E-state index contributed by atoms with van der Waals surface area (Å²) in [5.74, 6) is -0.751. The van der Waals surface area contributed by atoms with Gasteiger partial charge in [0.05, 0.1) is 22.8 Å². The van der Waals surface area contributed by atoms with Crippen LogP contribution in [-0.2, 0) is 17.5 Å². The van der Waals surface area contributed by atoms with E-state index in [2.05, 4.69) is 10.6 Å². The van der Waals surface area contributed by atoms with E-state index in [-0.39, 0.29) is 35.5 Å². The average Bonchev–Trinajstić information content (AvgIpc) is 2.52. The summed E-state index contributed by atoms with van der Waals surface area (Å²) in [5, 5.41) is 5.13. The molecule has 0 fully saturated rings. The molecule has 0 aliphatic rings. The van der Waals surface area contributed by atoms with Crippen molar-refractivity contribution in [1.82, 2.24) is 5.32 Å². The van der Waals surface area contributed by atoms with E-state index < -0.39 is 11.7 Å². The average molecular weight is 361 g/mol. The lowest BCUT2D eigenvalue weighted by Crippen LogP contribution is -2.29. The highest BCUT2D eigenvalue weighted by Gasteiger charge is 2.30. The number of carbonyl (C=O) groups excluding carboxylic acids is 1. The van der Waals surface area contributed by atoms with Crippen molar-refractivity contribution >= 4 is 23.2 Å². The zero-order chi connectivity index (χ0) is 17.7. The summed E-state index contributed by atoms with van der Waals surface area (Å²) >= 11 is 5.78. The summed E-state index contributed by atoms with van der Waals surface area (Å²) in [6, 6.07) is 8.47. The third kappa shape index (κ3) is 5.13. The second-order valence-electron chi connectivity index (χ2n) is 4.95. The lowest BCUT2D eigenvalue weighted by Gasteiger charge is -2.12. The van der Waals surface area contributed by atoms with Crippen LogP contribution >= 0.6 is 11.6 Å². The predicted molar refractivity (Wildman–Crippen MR) is 83.2 cm³/mol. The van der Waals surface area contributed by atoms with E-state index in [1.54, 1.807) is 0 Å². The first-order valence-electron chi connectivity index (χ1n) is 6.87. The van der Waals surface area contributed by atoms with Gasteiger partial charge in [0.25, 0.3) is 0 Å². The molecule has 3 nitrogen and oxygen atoms in total. The van der Waals surface area contributed by atoms with E-state index in [9.17, 15) is 22.4 Å². The Bertz CT molecular complexity index is 717. The minimum atomic E-state index is -4.48. The molecule has 0 saturated heterocycles.